The summed E-state index contributed by atoms with van der Waals surface area (Å²) < 4.78 is 64.4. The van der Waals surface area contributed by atoms with Gasteiger partial charge >= 0.3 is 18.1 Å². The zero-order valence-electron chi connectivity index (χ0n) is 63.6. The Morgan fingerprint density at radius 3 is 1.28 bits per heavy atom. The Hall–Kier alpha value is -11.4. The van der Waals surface area contributed by atoms with Crippen molar-refractivity contribution in [2.75, 3.05) is 6.61 Å². The van der Waals surface area contributed by atoms with Gasteiger partial charge in [0.15, 0.2) is 11.6 Å². The van der Waals surface area contributed by atoms with Crippen LogP contribution in [0.15, 0.2) is 257 Å². The molecule has 1 N–H and O–H groups in total. The SMILES string of the molecule is C=CC(C)=O.CC(=O)CCC(=O)c1ccnc(Cl)c1.CCCn1c(C)ccc1-c1ccnc(Cl)c1.CCOC(=O)Cn1c(-c2ccnc(Cl)c2)cc(Cc2ccccc2S(=O)(=O)c2ccccc2)c1C.Cc1c(Cc2ccccc2S(=O)(=O)c2ccccc2)cc(-c2ccnc(Cl)c2)n1CC(=O)O.O=C=O.O=Cc1ccnc(Cl)c1. The molecule has 22 nitrogen and oxygen atoms in total. The highest BCUT2D eigenvalue weighted by molar-refractivity contribution is 7.91. The van der Waals surface area contributed by atoms with E-state index in [4.69, 9.17) is 72.3 Å². The largest absolute Gasteiger partial charge is 0.480 e. The fourth-order valence-electron chi connectivity index (χ4n) is 11.3. The van der Waals surface area contributed by atoms with Gasteiger partial charge in [0.1, 0.15) is 50.9 Å². The van der Waals surface area contributed by atoms with Crippen LogP contribution in [0.25, 0.3) is 33.8 Å². The maximum Gasteiger partial charge on any atom is 0.373 e. The van der Waals surface area contributed by atoms with E-state index in [0.29, 0.717) is 66.6 Å². The number of carbonyl (C=O) groups is 6. The number of ether oxygens (including phenoxy) is 1. The van der Waals surface area contributed by atoms with E-state index in [2.05, 4.69) is 62.0 Å². The number of aldehydes is 1. The standard InChI is InChI=1S/C27H25ClN2O4S.C25H21ClN2O4S.C13H15ClN2.C10H10ClNO2.C6H4ClNO.C4H6O.CO2/c1-3-34-27(31)18-30-19(2)22(16-24(30)20-13-14-29-26(28)17-20)15-21-9-7-8-12-25(21)35(32,33)23-10-5-4-6-11-23;1-17-20(14-22(28(17)16-25(29)30)18-11-12-27-24(26)15-18)13-19-7-5-6-10-23(19)33(31,32)21-8-3-2-4-9-21;1-3-8-16-10(2)4-5-12(16)11-6-7-15-13(14)9-11;1-7(13)2-3-9(14)8-4-5-12-10(11)6-8;7-6-3-5(4-9)1-2-8-6;1-3-4(2)5;2-1-3/h4-14,16-17H,3,15,18H2,1-2H3;2-12,14-15H,13,16H2,1H3,(H,29,30);4-7,9H,3,8H2,1-2H3;4-6H,2-3H2,1H3;1-4H;3H,1H2,2H3;. The number of halogens is 5. The van der Waals surface area contributed by atoms with Crippen molar-refractivity contribution in [2.45, 2.75) is 120 Å². The van der Waals surface area contributed by atoms with Gasteiger partial charge in [-0.1, -0.05) is 144 Å². The fraction of sp³-hybridized carbons (Fsp3) is 0.186. The van der Waals surface area contributed by atoms with Gasteiger partial charge in [0.25, 0.3) is 0 Å². The van der Waals surface area contributed by atoms with Gasteiger partial charge in [0.05, 0.1) is 26.2 Å². The first-order chi connectivity index (χ1) is 54.9. The second-order valence-corrected chi connectivity index (χ2v) is 30.7. The van der Waals surface area contributed by atoms with Crippen LogP contribution in [0.2, 0.25) is 25.8 Å². The summed E-state index contributed by atoms with van der Waals surface area (Å²) in [7, 11) is -7.41. The molecule has 0 aliphatic heterocycles. The van der Waals surface area contributed by atoms with E-state index in [9.17, 15) is 50.7 Å². The molecule has 0 fully saturated rings. The number of pyridine rings is 5. The van der Waals surface area contributed by atoms with Crippen molar-refractivity contribution in [1.82, 2.24) is 38.6 Å². The molecule has 0 saturated heterocycles. The topological polar surface area (TPSA) is 314 Å². The minimum Gasteiger partial charge on any atom is -0.480 e. The highest BCUT2D eigenvalue weighted by Gasteiger charge is 2.26. The van der Waals surface area contributed by atoms with Gasteiger partial charge in [-0.3, -0.25) is 24.0 Å². The van der Waals surface area contributed by atoms with E-state index < -0.39 is 25.6 Å². The molecule has 0 aliphatic carbocycles. The Morgan fingerprint density at radius 2 is 0.896 bits per heavy atom. The van der Waals surface area contributed by atoms with Crippen LogP contribution in [0.4, 0.5) is 0 Å². The molecule has 0 aliphatic rings. The van der Waals surface area contributed by atoms with Crippen LogP contribution in [0.1, 0.15) is 107 Å². The quantitative estimate of drug-likeness (QED) is 0.0193. The van der Waals surface area contributed by atoms with E-state index in [1.54, 1.807) is 157 Å². The zero-order chi connectivity index (χ0) is 84.4. The second kappa shape index (κ2) is 46.1. The van der Waals surface area contributed by atoms with E-state index in [-0.39, 0.29) is 81.6 Å². The van der Waals surface area contributed by atoms with Gasteiger partial charge in [-0.2, -0.15) is 9.59 Å². The summed E-state index contributed by atoms with van der Waals surface area (Å²) in [6, 6.07) is 55.8. The molecule has 115 heavy (non-hydrogen) atoms. The number of aryl methyl sites for hydroxylation is 1. The Labute approximate surface area is 692 Å². The number of allylic oxidation sites excluding steroid dienone is 1. The summed E-state index contributed by atoms with van der Waals surface area (Å²) in [6.45, 7) is 17.1. The number of benzene rings is 4. The van der Waals surface area contributed by atoms with Crippen molar-refractivity contribution in [1.29, 1.82) is 0 Å². The number of hydrogen-bond acceptors (Lipinski definition) is 18. The predicted octanol–water partition coefficient (Wildman–Crippen LogP) is 18.5. The first-order valence-electron chi connectivity index (χ1n) is 35.3. The average Bonchev–Trinajstić information content (AvgIpc) is 1.75. The van der Waals surface area contributed by atoms with Crippen LogP contribution in [0.5, 0.6) is 0 Å². The molecule has 0 atom stereocenters. The van der Waals surface area contributed by atoms with Crippen molar-refractivity contribution in [3.05, 3.63) is 314 Å². The lowest BCUT2D eigenvalue weighted by Gasteiger charge is -2.13. The summed E-state index contributed by atoms with van der Waals surface area (Å²) in [5.41, 5.74) is 12.3. The molecular weight excluding hydrogens is 1610 g/mol. The van der Waals surface area contributed by atoms with Crippen LogP contribution in [0, 0.1) is 20.8 Å². The molecule has 29 heteroatoms. The molecule has 0 radical (unpaired) electrons. The summed E-state index contributed by atoms with van der Waals surface area (Å²) in [6.07, 6.45) is 12.5. The minimum absolute atomic E-state index is 0.0125. The molecule has 0 unspecified atom stereocenters. The molecule has 596 valence electrons. The maximum atomic E-state index is 13.4. The number of hydrogen-bond donors (Lipinski definition) is 1. The maximum absolute atomic E-state index is 13.4. The molecule has 12 aromatic rings. The third kappa shape index (κ3) is 28.0. The molecule has 8 heterocycles. The molecule has 0 bridgehead atoms. The Morgan fingerprint density at radius 1 is 0.496 bits per heavy atom. The van der Waals surface area contributed by atoms with E-state index in [1.807, 2.05) is 60.9 Å². The van der Waals surface area contributed by atoms with E-state index in [1.165, 1.54) is 55.8 Å². The monoisotopic (exact) mass is 1690 g/mol. The van der Waals surface area contributed by atoms with Crippen molar-refractivity contribution >= 4 is 119 Å². The van der Waals surface area contributed by atoms with E-state index >= 15 is 0 Å². The summed E-state index contributed by atoms with van der Waals surface area (Å²) >= 11 is 29.2. The number of aliphatic carboxylic acids is 1. The second-order valence-electron chi connectivity index (χ2n) is 24.9. The van der Waals surface area contributed by atoms with E-state index in [0.717, 1.165) is 64.2 Å². The highest BCUT2D eigenvalue weighted by atomic mass is 35.5. The van der Waals surface area contributed by atoms with Crippen LogP contribution in [0.3, 0.4) is 0 Å². The summed E-state index contributed by atoms with van der Waals surface area (Å²) in [5.74, 6) is -1.38. The van der Waals surface area contributed by atoms with Crippen molar-refractivity contribution in [3.8, 4) is 33.8 Å². The first kappa shape index (κ1) is 92.4. The van der Waals surface area contributed by atoms with Gasteiger partial charge in [0, 0.05) is 125 Å². The average molecular weight is 1690 g/mol. The molecule has 8 aromatic heterocycles. The molecule has 0 spiro atoms. The molecule has 12 rings (SSSR count). The number of esters is 1. The van der Waals surface area contributed by atoms with Crippen molar-refractivity contribution in [2.24, 2.45) is 0 Å². The lowest BCUT2D eigenvalue weighted by molar-refractivity contribution is -0.191. The lowest BCUT2D eigenvalue weighted by Crippen LogP contribution is -2.15. The number of carbonyl (C=O) groups excluding carboxylic acids is 7. The number of rotatable bonds is 24. The van der Waals surface area contributed by atoms with Crippen LogP contribution in [-0.2, 0) is 85.7 Å². The number of carboxylic acids is 1. The Kier molecular flexibility index (Phi) is 37.0. The van der Waals surface area contributed by atoms with Crippen LogP contribution in [-0.4, -0.2) is 109 Å². The lowest BCUT2D eigenvalue weighted by atomic mass is 10.0. The summed E-state index contributed by atoms with van der Waals surface area (Å²) in [4.78, 5) is 103. The van der Waals surface area contributed by atoms with Crippen LogP contribution >= 0.6 is 58.0 Å². The van der Waals surface area contributed by atoms with Gasteiger partial charge in [0.2, 0.25) is 19.7 Å². The third-order valence-electron chi connectivity index (χ3n) is 16.9. The smallest absolute Gasteiger partial charge is 0.373 e. The minimum atomic E-state index is -3.71. The highest BCUT2D eigenvalue weighted by Crippen LogP contribution is 2.35. The number of nitrogens with zero attached hydrogens (tertiary/aromatic N) is 8. The molecule has 0 saturated carbocycles. The Bertz CT molecular complexity index is 5640. The van der Waals surface area contributed by atoms with Gasteiger partial charge in [-0.05, 0) is 198 Å². The normalized spacial score (nSPS) is 10.5. The van der Waals surface area contributed by atoms with Crippen LogP contribution < -0.4 is 0 Å². The molecule has 4 aromatic carbocycles. The number of aromatic nitrogens is 8. The Balaban J connectivity index is 0.000000234. The number of ketones is 3. The molecule has 0 amide bonds. The predicted molar refractivity (Wildman–Crippen MR) is 443 cm³/mol. The number of sulfone groups is 2. The van der Waals surface area contributed by atoms with Gasteiger partial charge < -0.3 is 28.3 Å². The van der Waals surface area contributed by atoms with Gasteiger partial charge in [-0.25, -0.2) is 41.8 Å². The van der Waals surface area contributed by atoms with Gasteiger partial charge in [-0.15, -0.1) is 0 Å². The third-order valence-corrected chi connectivity index (χ3v) is 21.6. The molecular formula is C86H81Cl5N8O14S2. The number of carboxylic acid groups (broad SMARTS) is 1. The zero-order valence-corrected chi connectivity index (χ0v) is 69.0. The summed E-state index contributed by atoms with van der Waals surface area (Å²) in [5, 5.41) is 11.3. The fourth-order valence-corrected chi connectivity index (χ4v) is 15.2. The van der Waals surface area contributed by atoms with Crippen molar-refractivity contribution in [3.63, 3.8) is 0 Å². The first-order valence-corrected chi connectivity index (χ1v) is 40.1. The van der Waals surface area contributed by atoms with Crippen molar-refractivity contribution < 1.29 is 65.0 Å². The number of Topliss-reactive ketones (excluding diaryl/α,β-unsaturated/α-hetero) is 2.